The van der Waals surface area contributed by atoms with Gasteiger partial charge in [0.05, 0.1) is 0 Å². The quantitative estimate of drug-likeness (QED) is 0.754. The molecule has 0 radical (unpaired) electrons. The SMILES string of the molecule is CNCCCC(C)N1CCC2(CCCCC2)CC1. The highest BCUT2D eigenvalue weighted by Gasteiger charge is 2.36. The Hall–Kier alpha value is -0.0800. The molecule has 1 spiro atoms. The molecule has 1 aliphatic carbocycles. The lowest BCUT2D eigenvalue weighted by Crippen LogP contribution is -2.45. The molecule has 0 amide bonds. The first-order chi connectivity index (χ1) is 8.76. The highest BCUT2D eigenvalue weighted by atomic mass is 15.2. The summed E-state index contributed by atoms with van der Waals surface area (Å²) in [6.07, 6.45) is 13.2. The average molecular weight is 252 g/mol. The summed E-state index contributed by atoms with van der Waals surface area (Å²) in [7, 11) is 2.05. The van der Waals surface area contributed by atoms with Crippen molar-refractivity contribution in [2.45, 2.75) is 70.8 Å². The highest BCUT2D eigenvalue weighted by Crippen LogP contribution is 2.44. The van der Waals surface area contributed by atoms with Crippen LogP contribution in [0.4, 0.5) is 0 Å². The summed E-state index contributed by atoms with van der Waals surface area (Å²) in [4.78, 5) is 2.75. The third-order valence-electron chi connectivity index (χ3n) is 5.44. The Morgan fingerprint density at radius 1 is 1.06 bits per heavy atom. The first kappa shape index (κ1) is 14.3. The zero-order valence-corrected chi connectivity index (χ0v) is 12.5. The van der Waals surface area contributed by atoms with Crippen LogP contribution in [-0.4, -0.2) is 37.6 Å². The van der Waals surface area contributed by atoms with Gasteiger partial charge in [0.15, 0.2) is 0 Å². The molecule has 2 nitrogen and oxygen atoms in total. The maximum absolute atomic E-state index is 3.25. The number of nitrogens with one attached hydrogen (secondary N) is 1. The summed E-state index contributed by atoms with van der Waals surface area (Å²) in [6, 6.07) is 0.791. The Morgan fingerprint density at radius 3 is 2.33 bits per heavy atom. The van der Waals surface area contributed by atoms with Gasteiger partial charge in [0, 0.05) is 6.04 Å². The van der Waals surface area contributed by atoms with E-state index >= 15 is 0 Å². The Kier molecular flexibility index (Phi) is 5.50. The lowest BCUT2D eigenvalue weighted by molar-refractivity contribution is 0.0467. The van der Waals surface area contributed by atoms with E-state index in [-0.39, 0.29) is 0 Å². The van der Waals surface area contributed by atoms with Crippen molar-refractivity contribution >= 4 is 0 Å². The third-order valence-corrected chi connectivity index (χ3v) is 5.44. The molecule has 0 aromatic carbocycles. The van der Waals surface area contributed by atoms with Crippen LogP contribution in [0.25, 0.3) is 0 Å². The lowest BCUT2D eigenvalue weighted by Gasteiger charge is -2.46. The molecule has 0 aromatic heterocycles. The van der Waals surface area contributed by atoms with Crippen LogP contribution in [0.3, 0.4) is 0 Å². The van der Waals surface area contributed by atoms with Gasteiger partial charge in [-0.05, 0) is 77.5 Å². The number of hydrogen-bond donors (Lipinski definition) is 1. The molecule has 1 saturated carbocycles. The molecule has 106 valence electrons. The van der Waals surface area contributed by atoms with Gasteiger partial charge in [-0.15, -0.1) is 0 Å². The fourth-order valence-electron chi connectivity index (χ4n) is 4.00. The number of hydrogen-bond acceptors (Lipinski definition) is 2. The zero-order chi connectivity index (χ0) is 12.8. The van der Waals surface area contributed by atoms with Gasteiger partial charge in [-0.25, -0.2) is 0 Å². The molecule has 1 N–H and O–H groups in total. The van der Waals surface area contributed by atoms with Gasteiger partial charge in [-0.1, -0.05) is 19.3 Å². The van der Waals surface area contributed by atoms with Crippen LogP contribution in [0.5, 0.6) is 0 Å². The second-order valence-corrected chi connectivity index (χ2v) is 6.69. The lowest BCUT2D eigenvalue weighted by atomic mass is 9.68. The van der Waals surface area contributed by atoms with Crippen molar-refractivity contribution in [3.05, 3.63) is 0 Å². The Balaban J connectivity index is 1.72. The van der Waals surface area contributed by atoms with Gasteiger partial charge >= 0.3 is 0 Å². The van der Waals surface area contributed by atoms with Gasteiger partial charge in [0.1, 0.15) is 0 Å². The summed E-state index contributed by atoms with van der Waals surface area (Å²) in [5, 5.41) is 3.25. The maximum Gasteiger partial charge on any atom is 0.00674 e. The average Bonchev–Trinajstić information content (AvgIpc) is 2.41. The molecule has 2 fully saturated rings. The molecule has 1 atom stereocenters. The van der Waals surface area contributed by atoms with Crippen molar-refractivity contribution in [1.29, 1.82) is 0 Å². The molecule has 2 aliphatic rings. The number of rotatable bonds is 5. The summed E-state index contributed by atoms with van der Waals surface area (Å²) in [5.74, 6) is 0. The molecular weight excluding hydrogens is 220 g/mol. The molecule has 2 rings (SSSR count). The minimum atomic E-state index is 0.763. The monoisotopic (exact) mass is 252 g/mol. The Bertz CT molecular complexity index is 223. The molecule has 1 aliphatic heterocycles. The van der Waals surface area contributed by atoms with Crippen LogP contribution in [0.1, 0.15) is 64.7 Å². The number of piperidine rings is 1. The Labute approximate surface area is 114 Å². The van der Waals surface area contributed by atoms with E-state index in [0.717, 1.165) is 11.5 Å². The van der Waals surface area contributed by atoms with Crippen LogP contribution in [0.2, 0.25) is 0 Å². The van der Waals surface area contributed by atoms with Crippen LogP contribution in [0.15, 0.2) is 0 Å². The molecular formula is C16H32N2. The Morgan fingerprint density at radius 2 is 1.72 bits per heavy atom. The van der Waals surface area contributed by atoms with Gasteiger partial charge in [-0.3, -0.25) is 0 Å². The largest absolute Gasteiger partial charge is 0.320 e. The standard InChI is InChI=1S/C16H32N2/c1-15(7-6-12-17-2)18-13-10-16(11-14-18)8-4-3-5-9-16/h15,17H,3-14H2,1-2H3. The normalized spacial score (nSPS) is 26.3. The van der Waals surface area contributed by atoms with E-state index in [1.807, 2.05) is 0 Å². The summed E-state index contributed by atoms with van der Waals surface area (Å²) < 4.78 is 0. The molecule has 1 unspecified atom stereocenters. The predicted molar refractivity (Wildman–Crippen MR) is 78.9 cm³/mol. The van der Waals surface area contributed by atoms with Crippen molar-refractivity contribution < 1.29 is 0 Å². The van der Waals surface area contributed by atoms with Crippen LogP contribution >= 0.6 is 0 Å². The molecule has 2 heteroatoms. The van der Waals surface area contributed by atoms with E-state index in [2.05, 4.69) is 24.2 Å². The predicted octanol–water partition coefficient (Wildman–Crippen LogP) is 3.42. The molecule has 0 bridgehead atoms. The topological polar surface area (TPSA) is 15.3 Å². The zero-order valence-electron chi connectivity index (χ0n) is 12.5. The van der Waals surface area contributed by atoms with Crippen LogP contribution in [0, 0.1) is 5.41 Å². The first-order valence-electron chi connectivity index (χ1n) is 8.14. The van der Waals surface area contributed by atoms with Crippen molar-refractivity contribution in [3.63, 3.8) is 0 Å². The van der Waals surface area contributed by atoms with Crippen molar-refractivity contribution in [2.75, 3.05) is 26.7 Å². The highest BCUT2D eigenvalue weighted by molar-refractivity contribution is 4.89. The van der Waals surface area contributed by atoms with E-state index in [0.29, 0.717) is 0 Å². The molecule has 18 heavy (non-hydrogen) atoms. The van der Waals surface area contributed by atoms with Crippen molar-refractivity contribution in [3.8, 4) is 0 Å². The summed E-state index contributed by atoms with van der Waals surface area (Å²) in [6.45, 7) is 6.32. The minimum absolute atomic E-state index is 0.763. The fraction of sp³-hybridized carbons (Fsp3) is 1.00. The smallest absolute Gasteiger partial charge is 0.00674 e. The second-order valence-electron chi connectivity index (χ2n) is 6.69. The van der Waals surface area contributed by atoms with Gasteiger partial charge < -0.3 is 10.2 Å². The number of likely N-dealkylation sites (tertiary alicyclic amines) is 1. The van der Waals surface area contributed by atoms with Gasteiger partial charge in [0.25, 0.3) is 0 Å². The molecule has 1 saturated heterocycles. The van der Waals surface area contributed by atoms with Gasteiger partial charge in [-0.2, -0.15) is 0 Å². The minimum Gasteiger partial charge on any atom is -0.320 e. The maximum atomic E-state index is 3.25. The fourth-order valence-corrected chi connectivity index (χ4v) is 4.00. The number of nitrogens with zero attached hydrogens (tertiary/aromatic N) is 1. The van der Waals surface area contributed by atoms with E-state index in [4.69, 9.17) is 0 Å². The van der Waals surface area contributed by atoms with E-state index < -0.39 is 0 Å². The van der Waals surface area contributed by atoms with E-state index in [9.17, 15) is 0 Å². The van der Waals surface area contributed by atoms with E-state index in [1.54, 1.807) is 0 Å². The molecule has 1 heterocycles. The van der Waals surface area contributed by atoms with Crippen molar-refractivity contribution in [1.82, 2.24) is 10.2 Å². The molecule has 0 aromatic rings. The summed E-state index contributed by atoms with van der Waals surface area (Å²) in [5.41, 5.74) is 0.763. The van der Waals surface area contributed by atoms with Crippen LogP contribution in [-0.2, 0) is 0 Å². The van der Waals surface area contributed by atoms with E-state index in [1.165, 1.54) is 77.4 Å². The first-order valence-corrected chi connectivity index (χ1v) is 8.14. The second kappa shape index (κ2) is 6.91. The van der Waals surface area contributed by atoms with Gasteiger partial charge in [0.2, 0.25) is 0 Å². The third kappa shape index (κ3) is 3.71. The van der Waals surface area contributed by atoms with Crippen molar-refractivity contribution in [2.24, 2.45) is 5.41 Å². The summed E-state index contributed by atoms with van der Waals surface area (Å²) >= 11 is 0. The van der Waals surface area contributed by atoms with Crippen LogP contribution < -0.4 is 5.32 Å².